The molecule has 208 valence electrons. The van der Waals surface area contributed by atoms with Crippen LogP contribution in [0, 0.1) is 0 Å². The minimum atomic E-state index is -6.09. The predicted octanol–water partition coefficient (Wildman–Crippen LogP) is 5.61. The molecule has 0 saturated carbocycles. The number of aliphatic hydroxyl groups is 1. The number of aromatic nitrogens is 1. The molecule has 0 unspecified atom stereocenters. The van der Waals surface area contributed by atoms with E-state index in [2.05, 4.69) is 83.4 Å². The number of fused-ring (bicyclic) bond motifs is 6. The Labute approximate surface area is 231 Å². The number of pyridine rings is 1. The molecule has 9 heteroatoms. The van der Waals surface area contributed by atoms with Gasteiger partial charge < -0.3 is 9.66 Å². The molecule has 4 aromatic rings. The van der Waals surface area contributed by atoms with Gasteiger partial charge in [-0.15, -0.1) is 0 Å². The van der Waals surface area contributed by atoms with Gasteiger partial charge in [0.2, 0.25) is 11.4 Å². The van der Waals surface area contributed by atoms with Gasteiger partial charge in [0.1, 0.15) is 0 Å². The topological polar surface area (TPSA) is 81.3 Å². The first-order chi connectivity index (χ1) is 19.1. The standard InChI is InChI=1S/C30H28NO.CHF3O3S/c32-20-8-19-31-29-24-13-6-4-9-21(24)15-17-26(29)28(23-11-2-1-3-12-23)27-18-16-22-10-5-7-14-25(22)30(27)31;2-1(3,4)8(5,6)7/h1-7,9-14,32H,8,15-20H2;(H,5,6,7)/q+1;/p-1. The van der Waals surface area contributed by atoms with E-state index in [1.807, 2.05) is 0 Å². The Bertz CT molecular complexity index is 1570. The average molecular weight is 568 g/mol. The van der Waals surface area contributed by atoms with E-state index in [-0.39, 0.29) is 6.61 Å². The van der Waals surface area contributed by atoms with Crippen molar-refractivity contribution in [3.8, 4) is 33.6 Å². The number of rotatable bonds is 4. The van der Waals surface area contributed by atoms with E-state index in [0.717, 1.165) is 38.6 Å². The van der Waals surface area contributed by atoms with Gasteiger partial charge in [-0.05, 0) is 54.5 Å². The van der Waals surface area contributed by atoms with Gasteiger partial charge in [-0.1, -0.05) is 66.7 Å². The smallest absolute Gasteiger partial charge is 0.485 e. The van der Waals surface area contributed by atoms with Crippen molar-refractivity contribution < 1.29 is 35.8 Å². The number of hydrogen-bond donors (Lipinski definition) is 1. The normalized spacial score (nSPS) is 13.7. The van der Waals surface area contributed by atoms with Crippen LogP contribution in [0.1, 0.15) is 28.7 Å². The van der Waals surface area contributed by atoms with E-state index in [4.69, 9.17) is 13.0 Å². The Morgan fingerprint density at radius 1 is 0.750 bits per heavy atom. The quantitative estimate of drug-likeness (QED) is 0.198. The van der Waals surface area contributed by atoms with Crippen LogP contribution in [0.5, 0.6) is 0 Å². The van der Waals surface area contributed by atoms with Crippen LogP contribution in [0.4, 0.5) is 13.2 Å². The summed E-state index contributed by atoms with van der Waals surface area (Å²) in [6.45, 7) is 1.04. The number of nitrogens with zero attached hydrogens (tertiary/aromatic N) is 1. The first kappa shape index (κ1) is 28.0. The predicted molar refractivity (Wildman–Crippen MR) is 145 cm³/mol. The van der Waals surface area contributed by atoms with E-state index in [0.29, 0.717) is 0 Å². The third-order valence-corrected chi connectivity index (χ3v) is 8.00. The molecule has 0 aliphatic heterocycles. The number of aryl methyl sites for hydroxylation is 2. The minimum absolute atomic E-state index is 0.209. The fourth-order valence-electron chi connectivity index (χ4n) is 5.82. The molecule has 5 nitrogen and oxygen atoms in total. The summed E-state index contributed by atoms with van der Waals surface area (Å²) in [5, 5.41) is 9.75. The van der Waals surface area contributed by atoms with Crippen molar-refractivity contribution in [3.05, 3.63) is 101 Å². The van der Waals surface area contributed by atoms with Crippen LogP contribution in [-0.4, -0.2) is 30.2 Å². The highest BCUT2D eigenvalue weighted by Gasteiger charge is 2.38. The molecule has 40 heavy (non-hydrogen) atoms. The second-order valence-corrected chi connectivity index (χ2v) is 11.2. The molecule has 0 saturated heterocycles. The molecule has 0 radical (unpaired) electrons. The van der Waals surface area contributed by atoms with Crippen molar-refractivity contribution in [1.82, 2.24) is 0 Å². The maximum atomic E-state index is 10.7. The molecule has 1 heterocycles. The molecule has 2 aliphatic carbocycles. The second-order valence-electron chi connectivity index (χ2n) is 9.84. The maximum Gasteiger partial charge on any atom is 0.485 e. The molecular formula is C31H28F3NO4S. The van der Waals surface area contributed by atoms with Gasteiger partial charge in [-0.3, -0.25) is 0 Å². The monoisotopic (exact) mass is 567 g/mol. The van der Waals surface area contributed by atoms with Crippen molar-refractivity contribution in [3.63, 3.8) is 0 Å². The fourth-order valence-corrected chi connectivity index (χ4v) is 5.82. The molecule has 0 atom stereocenters. The van der Waals surface area contributed by atoms with Gasteiger partial charge in [-0.2, -0.15) is 17.7 Å². The Morgan fingerprint density at radius 2 is 1.20 bits per heavy atom. The summed E-state index contributed by atoms with van der Waals surface area (Å²) < 4.78 is 61.4. The van der Waals surface area contributed by atoms with Crippen molar-refractivity contribution >= 4 is 10.1 Å². The van der Waals surface area contributed by atoms with Crippen LogP contribution in [0.15, 0.2) is 78.9 Å². The van der Waals surface area contributed by atoms with Crippen molar-refractivity contribution in [1.29, 1.82) is 0 Å². The zero-order chi connectivity index (χ0) is 28.5. The third kappa shape index (κ3) is 5.29. The Kier molecular flexibility index (Phi) is 7.81. The lowest BCUT2D eigenvalue weighted by Crippen LogP contribution is -2.43. The fraction of sp³-hybridized carbons (Fsp3) is 0.258. The van der Waals surface area contributed by atoms with Crippen molar-refractivity contribution in [2.75, 3.05) is 6.61 Å². The van der Waals surface area contributed by atoms with Crippen LogP contribution in [0.3, 0.4) is 0 Å². The molecule has 6 rings (SSSR count). The molecule has 3 aromatic carbocycles. The van der Waals surface area contributed by atoms with Gasteiger partial charge in [0.25, 0.3) is 0 Å². The lowest BCUT2D eigenvalue weighted by atomic mass is 9.77. The molecule has 0 spiro atoms. The summed E-state index contributed by atoms with van der Waals surface area (Å²) in [6.07, 6.45) is 5.05. The average Bonchev–Trinajstić information content (AvgIpc) is 2.94. The zero-order valence-corrected chi connectivity index (χ0v) is 22.4. The summed E-state index contributed by atoms with van der Waals surface area (Å²) in [5.41, 5.74) is 8.37. The lowest BCUT2D eigenvalue weighted by molar-refractivity contribution is -0.676. The summed E-state index contributed by atoms with van der Waals surface area (Å²) in [5.74, 6) is 0. The molecular weight excluding hydrogens is 539 g/mol. The van der Waals surface area contributed by atoms with Gasteiger partial charge in [-0.25, -0.2) is 8.42 Å². The van der Waals surface area contributed by atoms with Crippen LogP contribution in [0.25, 0.3) is 33.6 Å². The van der Waals surface area contributed by atoms with Crippen molar-refractivity contribution in [2.24, 2.45) is 0 Å². The maximum absolute atomic E-state index is 10.7. The Balaban J connectivity index is 0.000000355. The summed E-state index contributed by atoms with van der Waals surface area (Å²) in [6, 6.07) is 28.8. The second kappa shape index (κ2) is 11.2. The Hall–Kier alpha value is -3.53. The van der Waals surface area contributed by atoms with E-state index in [1.54, 1.807) is 0 Å². The van der Waals surface area contributed by atoms with Crippen molar-refractivity contribution in [2.45, 2.75) is 44.2 Å². The molecule has 1 N–H and O–H groups in total. The molecule has 1 aromatic heterocycles. The van der Waals surface area contributed by atoms with Crippen LogP contribution >= 0.6 is 0 Å². The highest BCUT2D eigenvalue weighted by atomic mass is 32.2. The molecule has 2 aliphatic rings. The number of benzene rings is 3. The van der Waals surface area contributed by atoms with Gasteiger partial charge in [0.15, 0.2) is 16.7 Å². The lowest BCUT2D eigenvalue weighted by Gasteiger charge is -2.28. The molecule has 0 bridgehead atoms. The first-order valence-electron chi connectivity index (χ1n) is 13.1. The number of aliphatic hydroxyl groups excluding tert-OH is 1. The highest BCUT2D eigenvalue weighted by Crippen LogP contribution is 2.44. The van der Waals surface area contributed by atoms with E-state index >= 15 is 0 Å². The van der Waals surface area contributed by atoms with Gasteiger partial charge >= 0.3 is 5.51 Å². The SMILES string of the molecule is O=S(=O)([O-])C(F)(F)F.OCCC[n+]1c2c(c(-c3ccccc3)c3c1-c1ccccc1CC3)CCc1ccccc1-2. The van der Waals surface area contributed by atoms with Crippen LogP contribution in [0.2, 0.25) is 0 Å². The van der Waals surface area contributed by atoms with Crippen LogP contribution < -0.4 is 4.57 Å². The highest BCUT2D eigenvalue weighted by molar-refractivity contribution is 7.86. The van der Waals surface area contributed by atoms with Gasteiger partial charge in [0, 0.05) is 40.8 Å². The third-order valence-electron chi connectivity index (χ3n) is 7.43. The Morgan fingerprint density at radius 3 is 1.65 bits per heavy atom. The number of alkyl halides is 3. The summed E-state index contributed by atoms with van der Waals surface area (Å²) >= 11 is 0. The summed E-state index contributed by atoms with van der Waals surface area (Å²) in [7, 11) is -6.09. The molecule has 0 amide bonds. The van der Waals surface area contributed by atoms with E-state index < -0.39 is 15.6 Å². The summed E-state index contributed by atoms with van der Waals surface area (Å²) in [4.78, 5) is 0. The van der Waals surface area contributed by atoms with Gasteiger partial charge in [0.05, 0.1) is 0 Å². The number of hydrogen-bond acceptors (Lipinski definition) is 4. The van der Waals surface area contributed by atoms with Crippen LogP contribution in [-0.2, 0) is 42.3 Å². The van der Waals surface area contributed by atoms with E-state index in [1.165, 1.54) is 55.9 Å². The minimum Gasteiger partial charge on any atom is -0.741 e. The zero-order valence-electron chi connectivity index (χ0n) is 21.6. The largest absolute Gasteiger partial charge is 0.741 e. The molecule has 0 fully saturated rings. The number of halogens is 3. The first-order valence-corrected chi connectivity index (χ1v) is 14.5. The van der Waals surface area contributed by atoms with E-state index in [9.17, 15) is 18.3 Å².